The lowest BCUT2D eigenvalue weighted by molar-refractivity contribution is 0.236. The molecule has 1 aliphatic rings. The number of ether oxygens (including phenoxy) is 1. The average Bonchev–Trinajstić information content (AvgIpc) is 3.53. The highest BCUT2D eigenvalue weighted by Gasteiger charge is 2.11. The molecule has 0 saturated carbocycles. The molecule has 1 aromatic carbocycles. The molecule has 1 fully saturated rings. The number of aromatic nitrogens is 6. The van der Waals surface area contributed by atoms with Crippen LogP contribution < -0.4 is 10.3 Å². The number of hydrogen-bond acceptors (Lipinski definition) is 7. The Balaban J connectivity index is 1.27. The van der Waals surface area contributed by atoms with Gasteiger partial charge in [-0.1, -0.05) is 18.2 Å². The maximum absolute atomic E-state index is 12.4. The maximum atomic E-state index is 12.4. The summed E-state index contributed by atoms with van der Waals surface area (Å²) in [5.74, 6) is 1.28. The minimum absolute atomic E-state index is 0.162. The zero-order valence-electron chi connectivity index (χ0n) is 19.2. The minimum Gasteiger partial charge on any atom is -0.489 e. The molecule has 1 saturated heterocycles. The predicted molar refractivity (Wildman–Crippen MR) is 128 cm³/mol. The number of hydrogen-bond donors (Lipinski definition) is 0. The third kappa shape index (κ3) is 5.20. The zero-order valence-corrected chi connectivity index (χ0v) is 19.2. The van der Waals surface area contributed by atoms with Crippen LogP contribution in [0.1, 0.15) is 18.4 Å². The van der Waals surface area contributed by atoms with Gasteiger partial charge in [-0.05, 0) is 43.6 Å². The maximum Gasteiger partial charge on any atom is 0.267 e. The molecule has 9 nitrogen and oxygen atoms in total. The Hall–Kier alpha value is -3.85. The van der Waals surface area contributed by atoms with Crippen LogP contribution >= 0.6 is 0 Å². The van der Waals surface area contributed by atoms with Gasteiger partial charge in [-0.25, -0.2) is 14.6 Å². The Labute approximate surface area is 197 Å². The van der Waals surface area contributed by atoms with Crippen LogP contribution in [0.2, 0.25) is 0 Å². The van der Waals surface area contributed by atoms with Gasteiger partial charge in [0.2, 0.25) is 0 Å². The highest BCUT2D eigenvalue weighted by atomic mass is 16.5. The lowest BCUT2D eigenvalue weighted by Gasteiger charge is -2.14. The first kappa shape index (κ1) is 22.0. The van der Waals surface area contributed by atoms with Gasteiger partial charge in [-0.15, -0.1) is 0 Å². The SMILES string of the molecule is Cn1cc(-c2ccc(=O)n(Cc3cccc(-c4ncc(OCCN5CCCC5)cn4)c3)n2)cn1. The largest absolute Gasteiger partial charge is 0.489 e. The Kier molecular flexibility index (Phi) is 6.44. The number of likely N-dealkylation sites (tertiary alicyclic amines) is 1. The molecule has 0 N–H and O–H groups in total. The van der Waals surface area contributed by atoms with Gasteiger partial charge in [0, 0.05) is 37.0 Å². The molecule has 0 aliphatic carbocycles. The van der Waals surface area contributed by atoms with Gasteiger partial charge in [0.05, 0.1) is 30.8 Å². The van der Waals surface area contributed by atoms with Crippen molar-refractivity contribution in [1.29, 1.82) is 0 Å². The van der Waals surface area contributed by atoms with Crippen LogP contribution in [0, 0.1) is 0 Å². The van der Waals surface area contributed by atoms with Crippen LogP contribution in [0.5, 0.6) is 5.75 Å². The van der Waals surface area contributed by atoms with Gasteiger partial charge >= 0.3 is 0 Å². The first-order chi connectivity index (χ1) is 16.6. The molecule has 0 unspecified atom stereocenters. The van der Waals surface area contributed by atoms with Crippen molar-refractivity contribution in [2.45, 2.75) is 19.4 Å². The van der Waals surface area contributed by atoms with Crippen LogP contribution in [0.25, 0.3) is 22.6 Å². The quantitative estimate of drug-likeness (QED) is 0.402. The highest BCUT2D eigenvalue weighted by molar-refractivity contribution is 5.57. The van der Waals surface area contributed by atoms with E-state index >= 15 is 0 Å². The van der Waals surface area contributed by atoms with Crippen molar-refractivity contribution >= 4 is 0 Å². The standard InChI is InChI=1S/C25H27N7O2/c1-30-18-21(14-28-30)23-7-8-24(33)32(29-23)17-19-5-4-6-20(13-19)25-26-15-22(16-27-25)34-12-11-31-9-2-3-10-31/h4-8,13-16,18H,2-3,9-12,17H2,1H3. The van der Waals surface area contributed by atoms with Crippen LogP contribution in [-0.4, -0.2) is 60.7 Å². The smallest absolute Gasteiger partial charge is 0.267 e. The number of aryl methyl sites for hydroxylation is 1. The van der Waals surface area contributed by atoms with Crippen LogP contribution in [0.4, 0.5) is 0 Å². The Morgan fingerprint density at radius 2 is 1.82 bits per heavy atom. The first-order valence-electron chi connectivity index (χ1n) is 11.5. The molecule has 0 radical (unpaired) electrons. The Morgan fingerprint density at radius 1 is 1.00 bits per heavy atom. The van der Waals surface area contributed by atoms with Gasteiger partial charge in [-0.2, -0.15) is 10.2 Å². The fourth-order valence-corrected chi connectivity index (χ4v) is 4.09. The molecule has 4 aromatic rings. The molecule has 0 bridgehead atoms. The lowest BCUT2D eigenvalue weighted by atomic mass is 10.1. The van der Waals surface area contributed by atoms with E-state index in [1.807, 2.05) is 37.5 Å². The van der Waals surface area contributed by atoms with E-state index in [2.05, 4.69) is 25.1 Å². The van der Waals surface area contributed by atoms with Crippen LogP contribution in [-0.2, 0) is 13.6 Å². The van der Waals surface area contributed by atoms with E-state index in [-0.39, 0.29) is 5.56 Å². The normalized spacial score (nSPS) is 13.9. The van der Waals surface area contributed by atoms with Crippen LogP contribution in [0.15, 0.2) is 66.0 Å². The third-order valence-corrected chi connectivity index (χ3v) is 5.89. The molecule has 9 heteroatoms. The number of benzene rings is 1. The number of rotatable bonds is 8. The summed E-state index contributed by atoms with van der Waals surface area (Å²) in [6.07, 6.45) is 9.57. The molecule has 34 heavy (non-hydrogen) atoms. The van der Waals surface area contributed by atoms with E-state index in [0.29, 0.717) is 30.4 Å². The van der Waals surface area contributed by atoms with E-state index in [1.165, 1.54) is 23.6 Å². The van der Waals surface area contributed by atoms with E-state index < -0.39 is 0 Å². The van der Waals surface area contributed by atoms with E-state index in [0.717, 1.165) is 36.3 Å². The second-order valence-corrected chi connectivity index (χ2v) is 8.46. The molecule has 1 aliphatic heterocycles. The molecule has 4 heterocycles. The van der Waals surface area contributed by atoms with Gasteiger partial charge in [0.15, 0.2) is 11.6 Å². The zero-order chi connectivity index (χ0) is 23.3. The molecule has 0 spiro atoms. The third-order valence-electron chi connectivity index (χ3n) is 5.89. The lowest BCUT2D eigenvalue weighted by Crippen LogP contribution is -2.25. The van der Waals surface area contributed by atoms with E-state index in [1.54, 1.807) is 29.3 Å². The number of nitrogens with zero attached hydrogens (tertiary/aromatic N) is 7. The predicted octanol–water partition coefficient (Wildman–Crippen LogP) is 2.62. The fourth-order valence-electron chi connectivity index (χ4n) is 4.09. The monoisotopic (exact) mass is 457 g/mol. The van der Waals surface area contributed by atoms with Crippen LogP contribution in [0.3, 0.4) is 0 Å². The summed E-state index contributed by atoms with van der Waals surface area (Å²) in [7, 11) is 1.85. The van der Waals surface area contributed by atoms with Crippen molar-refractivity contribution in [2.75, 3.05) is 26.2 Å². The summed E-state index contributed by atoms with van der Waals surface area (Å²) in [6, 6.07) is 11.1. The van der Waals surface area contributed by atoms with Gasteiger partial charge in [-0.3, -0.25) is 14.4 Å². The first-order valence-corrected chi connectivity index (χ1v) is 11.5. The fraction of sp³-hybridized carbons (Fsp3) is 0.320. The topological polar surface area (TPSA) is 91.0 Å². The summed E-state index contributed by atoms with van der Waals surface area (Å²) in [5, 5.41) is 8.70. The van der Waals surface area contributed by atoms with Crippen molar-refractivity contribution in [2.24, 2.45) is 7.05 Å². The Bertz CT molecular complexity index is 1310. The second kappa shape index (κ2) is 9.96. The summed E-state index contributed by atoms with van der Waals surface area (Å²) >= 11 is 0. The molecular weight excluding hydrogens is 430 g/mol. The van der Waals surface area contributed by atoms with Crippen molar-refractivity contribution in [3.05, 3.63) is 77.1 Å². The van der Waals surface area contributed by atoms with Gasteiger partial charge in [0.1, 0.15) is 6.61 Å². The van der Waals surface area contributed by atoms with Crippen molar-refractivity contribution in [3.63, 3.8) is 0 Å². The summed E-state index contributed by atoms with van der Waals surface area (Å²) in [6.45, 7) is 4.23. The Morgan fingerprint density at radius 3 is 2.59 bits per heavy atom. The second-order valence-electron chi connectivity index (χ2n) is 8.46. The van der Waals surface area contributed by atoms with Crippen molar-refractivity contribution < 1.29 is 4.74 Å². The summed E-state index contributed by atoms with van der Waals surface area (Å²) in [5.41, 5.74) is 3.21. The molecule has 174 valence electrons. The minimum atomic E-state index is -0.162. The molecular formula is C25H27N7O2. The highest BCUT2D eigenvalue weighted by Crippen LogP contribution is 2.19. The molecule has 0 amide bonds. The van der Waals surface area contributed by atoms with Gasteiger partial charge in [0.25, 0.3) is 5.56 Å². The molecule has 0 atom stereocenters. The summed E-state index contributed by atoms with van der Waals surface area (Å²) < 4.78 is 8.97. The van der Waals surface area contributed by atoms with Crippen molar-refractivity contribution in [1.82, 2.24) is 34.4 Å². The van der Waals surface area contributed by atoms with Gasteiger partial charge < -0.3 is 4.74 Å². The molecule has 3 aromatic heterocycles. The summed E-state index contributed by atoms with van der Waals surface area (Å²) in [4.78, 5) is 23.8. The van der Waals surface area contributed by atoms with E-state index in [4.69, 9.17) is 4.74 Å². The van der Waals surface area contributed by atoms with Crippen molar-refractivity contribution in [3.8, 4) is 28.4 Å². The van der Waals surface area contributed by atoms with E-state index in [9.17, 15) is 4.79 Å². The average molecular weight is 458 g/mol. The molecule has 5 rings (SSSR count).